The van der Waals surface area contributed by atoms with E-state index < -0.39 is 0 Å². The number of hydrogen-bond acceptors (Lipinski definition) is 4. The van der Waals surface area contributed by atoms with Gasteiger partial charge < -0.3 is 14.4 Å². The summed E-state index contributed by atoms with van der Waals surface area (Å²) in [5.41, 5.74) is 5.68. The van der Waals surface area contributed by atoms with E-state index in [1.165, 1.54) is 11.1 Å². The molecule has 1 aromatic heterocycles. The molecule has 0 atom stereocenters. The summed E-state index contributed by atoms with van der Waals surface area (Å²) in [4.78, 5) is 14.6. The highest BCUT2D eigenvalue weighted by Crippen LogP contribution is 2.29. The van der Waals surface area contributed by atoms with Crippen molar-refractivity contribution in [2.75, 3.05) is 26.8 Å². The number of carbonyl (C=O) groups is 1. The van der Waals surface area contributed by atoms with Gasteiger partial charge in [0.05, 0.1) is 12.8 Å². The molecular weight excluding hydrogens is 366 g/mol. The molecule has 0 saturated carbocycles. The fourth-order valence-electron chi connectivity index (χ4n) is 3.70. The molecule has 0 spiro atoms. The largest absolute Gasteiger partial charge is 0.497 e. The molecule has 6 nitrogen and oxygen atoms in total. The average molecular weight is 391 g/mol. The summed E-state index contributed by atoms with van der Waals surface area (Å²) in [5, 5.41) is 7.76. The molecule has 1 aliphatic rings. The highest BCUT2D eigenvalue weighted by Gasteiger charge is 2.23. The van der Waals surface area contributed by atoms with Crippen LogP contribution in [0.4, 0.5) is 0 Å². The Labute approximate surface area is 170 Å². The number of methoxy groups -OCH3 is 1. The minimum Gasteiger partial charge on any atom is -0.497 e. The number of nitrogens with one attached hydrogen (secondary N) is 1. The molecule has 2 aromatic carbocycles. The molecule has 1 amide bonds. The molecule has 1 aliphatic heterocycles. The summed E-state index contributed by atoms with van der Waals surface area (Å²) in [5.74, 6) is 1.41. The lowest BCUT2D eigenvalue weighted by Gasteiger charge is -2.20. The summed E-state index contributed by atoms with van der Waals surface area (Å²) in [6.07, 6.45) is 1.55. The van der Waals surface area contributed by atoms with Crippen LogP contribution in [0.2, 0.25) is 0 Å². The lowest BCUT2D eigenvalue weighted by Crippen LogP contribution is -2.36. The number of fused-ring (bicyclic) bond motifs is 1. The van der Waals surface area contributed by atoms with Crippen LogP contribution in [0.25, 0.3) is 11.3 Å². The number of aromatic amines is 1. The molecule has 0 aliphatic carbocycles. The lowest BCUT2D eigenvalue weighted by atomic mass is 9.99. The Kier molecular flexibility index (Phi) is 5.51. The Morgan fingerprint density at radius 2 is 1.79 bits per heavy atom. The number of aryl methyl sites for hydroxylation is 1. The maximum atomic E-state index is 12.7. The van der Waals surface area contributed by atoms with Gasteiger partial charge in [-0.25, -0.2) is 0 Å². The Morgan fingerprint density at radius 1 is 1.07 bits per heavy atom. The normalized spacial score (nSPS) is 13.5. The molecule has 0 bridgehead atoms. The second-order valence-electron chi connectivity index (χ2n) is 7.19. The van der Waals surface area contributed by atoms with E-state index in [4.69, 9.17) is 9.47 Å². The van der Waals surface area contributed by atoms with E-state index in [9.17, 15) is 4.79 Å². The summed E-state index contributed by atoms with van der Waals surface area (Å²) in [7, 11) is 1.62. The molecule has 2 heterocycles. The number of ether oxygens (including phenoxy) is 2. The third-order valence-electron chi connectivity index (χ3n) is 5.39. The van der Waals surface area contributed by atoms with Crippen molar-refractivity contribution in [3.05, 3.63) is 65.4 Å². The lowest BCUT2D eigenvalue weighted by molar-refractivity contribution is -0.133. The van der Waals surface area contributed by atoms with Crippen LogP contribution in [0, 0.1) is 6.92 Å². The average Bonchev–Trinajstić information content (AvgIpc) is 3.03. The van der Waals surface area contributed by atoms with E-state index in [-0.39, 0.29) is 12.5 Å². The van der Waals surface area contributed by atoms with Gasteiger partial charge in [-0.1, -0.05) is 24.3 Å². The molecule has 0 radical (unpaired) electrons. The van der Waals surface area contributed by atoms with E-state index in [1.807, 2.05) is 29.2 Å². The van der Waals surface area contributed by atoms with E-state index >= 15 is 0 Å². The van der Waals surface area contributed by atoms with Gasteiger partial charge in [0.25, 0.3) is 5.91 Å². The molecular formula is C23H25N3O3. The van der Waals surface area contributed by atoms with E-state index in [2.05, 4.69) is 29.3 Å². The van der Waals surface area contributed by atoms with Gasteiger partial charge in [0.15, 0.2) is 6.61 Å². The number of carbonyl (C=O) groups excluding carboxylic acids is 1. The summed E-state index contributed by atoms with van der Waals surface area (Å²) in [6.45, 7) is 3.45. The summed E-state index contributed by atoms with van der Waals surface area (Å²) in [6, 6.07) is 15.5. The van der Waals surface area contributed by atoms with E-state index in [1.54, 1.807) is 19.2 Å². The predicted octanol–water partition coefficient (Wildman–Crippen LogP) is 3.40. The Bertz CT molecular complexity index is 995. The minimum absolute atomic E-state index is 0.00336. The van der Waals surface area contributed by atoms with Crippen molar-refractivity contribution in [2.24, 2.45) is 0 Å². The zero-order chi connectivity index (χ0) is 20.2. The van der Waals surface area contributed by atoms with Crippen LogP contribution in [-0.2, 0) is 17.6 Å². The van der Waals surface area contributed by atoms with Crippen molar-refractivity contribution in [2.45, 2.75) is 19.8 Å². The number of H-pyrrole nitrogens is 1. The van der Waals surface area contributed by atoms with Gasteiger partial charge >= 0.3 is 0 Å². The van der Waals surface area contributed by atoms with Gasteiger partial charge in [-0.05, 0) is 43.2 Å². The first-order valence-electron chi connectivity index (χ1n) is 9.82. The predicted molar refractivity (Wildman–Crippen MR) is 111 cm³/mol. The number of hydrogen-bond donors (Lipinski definition) is 1. The standard InChI is InChI=1S/C23H25N3O3/c1-16-5-3-4-6-19(16)23-20-11-13-26(14-12-21(20)24-25-23)22(27)15-29-18-9-7-17(28-2)8-10-18/h3-10H,11-15H2,1-2H3,(H,24,25). The van der Waals surface area contributed by atoms with Crippen molar-refractivity contribution >= 4 is 5.91 Å². The molecule has 4 rings (SSSR count). The number of benzene rings is 2. The van der Waals surface area contributed by atoms with Gasteiger partial charge in [0.1, 0.15) is 11.5 Å². The van der Waals surface area contributed by atoms with Crippen molar-refractivity contribution in [1.82, 2.24) is 15.1 Å². The molecule has 0 fully saturated rings. The van der Waals surface area contributed by atoms with Gasteiger partial charge in [-0.2, -0.15) is 5.10 Å². The monoisotopic (exact) mass is 391 g/mol. The third kappa shape index (κ3) is 4.11. The molecule has 6 heteroatoms. The minimum atomic E-state index is -0.00336. The number of rotatable bonds is 5. The second kappa shape index (κ2) is 8.39. The zero-order valence-corrected chi connectivity index (χ0v) is 16.8. The first-order chi connectivity index (χ1) is 14.2. The zero-order valence-electron chi connectivity index (χ0n) is 16.8. The molecule has 3 aromatic rings. The molecule has 150 valence electrons. The fraction of sp³-hybridized carbons (Fsp3) is 0.304. The highest BCUT2D eigenvalue weighted by molar-refractivity contribution is 5.78. The van der Waals surface area contributed by atoms with E-state index in [0.717, 1.165) is 35.5 Å². The van der Waals surface area contributed by atoms with Gasteiger partial charge in [0, 0.05) is 36.3 Å². The van der Waals surface area contributed by atoms with Crippen LogP contribution in [0.5, 0.6) is 11.5 Å². The molecule has 0 unspecified atom stereocenters. The summed E-state index contributed by atoms with van der Waals surface area (Å²) < 4.78 is 10.8. The van der Waals surface area contributed by atoms with Crippen LogP contribution >= 0.6 is 0 Å². The topological polar surface area (TPSA) is 67.5 Å². The third-order valence-corrected chi connectivity index (χ3v) is 5.39. The maximum Gasteiger partial charge on any atom is 0.260 e. The summed E-state index contributed by atoms with van der Waals surface area (Å²) >= 11 is 0. The van der Waals surface area contributed by atoms with Crippen molar-refractivity contribution in [3.63, 3.8) is 0 Å². The SMILES string of the molecule is COc1ccc(OCC(=O)N2CCc3[nH]nc(-c4ccccc4C)c3CC2)cc1. The Morgan fingerprint density at radius 3 is 2.55 bits per heavy atom. The number of nitrogens with zero attached hydrogens (tertiary/aromatic N) is 2. The Hall–Kier alpha value is -3.28. The number of aromatic nitrogens is 2. The fourth-order valence-corrected chi connectivity index (χ4v) is 3.70. The van der Waals surface area contributed by atoms with Crippen molar-refractivity contribution in [1.29, 1.82) is 0 Å². The van der Waals surface area contributed by atoms with Crippen LogP contribution in [0.3, 0.4) is 0 Å². The highest BCUT2D eigenvalue weighted by atomic mass is 16.5. The van der Waals surface area contributed by atoms with Crippen LogP contribution < -0.4 is 9.47 Å². The molecule has 1 N–H and O–H groups in total. The van der Waals surface area contributed by atoms with E-state index in [0.29, 0.717) is 18.8 Å². The maximum absolute atomic E-state index is 12.7. The van der Waals surface area contributed by atoms with Gasteiger partial charge in [-0.15, -0.1) is 0 Å². The van der Waals surface area contributed by atoms with Crippen LogP contribution in [-0.4, -0.2) is 47.8 Å². The Balaban J connectivity index is 1.40. The van der Waals surface area contributed by atoms with Crippen LogP contribution in [0.15, 0.2) is 48.5 Å². The first-order valence-corrected chi connectivity index (χ1v) is 9.82. The van der Waals surface area contributed by atoms with Crippen molar-refractivity contribution < 1.29 is 14.3 Å². The smallest absolute Gasteiger partial charge is 0.260 e. The molecule has 0 saturated heterocycles. The van der Waals surface area contributed by atoms with Crippen LogP contribution in [0.1, 0.15) is 16.8 Å². The van der Waals surface area contributed by atoms with Gasteiger partial charge in [0.2, 0.25) is 0 Å². The first kappa shape index (κ1) is 19.1. The van der Waals surface area contributed by atoms with Gasteiger partial charge in [-0.3, -0.25) is 9.89 Å². The molecule has 29 heavy (non-hydrogen) atoms. The van der Waals surface area contributed by atoms with Crippen molar-refractivity contribution in [3.8, 4) is 22.8 Å². The second-order valence-corrected chi connectivity index (χ2v) is 7.19. The quantitative estimate of drug-likeness (QED) is 0.724. The number of amides is 1.